The maximum atomic E-state index is 6.32. The first kappa shape index (κ1) is 24.0. The lowest BCUT2D eigenvalue weighted by Crippen LogP contribution is -2.28. The van der Waals surface area contributed by atoms with Crippen LogP contribution >= 0.6 is 0 Å². The molecule has 2 radical (unpaired) electrons. The zero-order valence-corrected chi connectivity index (χ0v) is 20.4. The van der Waals surface area contributed by atoms with Gasteiger partial charge in [-0.25, -0.2) is 4.58 Å². The van der Waals surface area contributed by atoms with Crippen LogP contribution in [0.4, 0.5) is 11.4 Å². The SMILES string of the molecule is CC.CCC1(C)C(C)=[N+](C)c2ccccc21.[B]C1(C)/C(=C\C)N(C)c2ccccc21. The third kappa shape index (κ3) is 3.75. The van der Waals surface area contributed by atoms with Gasteiger partial charge in [0.15, 0.2) is 5.71 Å². The van der Waals surface area contributed by atoms with E-state index in [9.17, 15) is 0 Å². The van der Waals surface area contributed by atoms with Gasteiger partial charge in [-0.05, 0) is 37.2 Å². The molecule has 0 bridgehead atoms. The minimum absolute atomic E-state index is 0.241. The number of fused-ring (bicyclic) bond motifs is 2. The van der Waals surface area contributed by atoms with Crippen LogP contribution in [0.3, 0.4) is 0 Å². The largest absolute Gasteiger partial charge is 0.348 e. The van der Waals surface area contributed by atoms with E-state index < -0.39 is 0 Å². The van der Waals surface area contributed by atoms with Crippen molar-refractivity contribution in [2.45, 2.75) is 65.6 Å². The summed E-state index contributed by atoms with van der Waals surface area (Å²) in [6.07, 6.45) is 3.25. The highest BCUT2D eigenvalue weighted by Gasteiger charge is 2.43. The fourth-order valence-corrected chi connectivity index (χ4v) is 4.74. The topological polar surface area (TPSA) is 6.25 Å². The summed E-state index contributed by atoms with van der Waals surface area (Å²) in [7, 11) is 10.5. The molecule has 0 aromatic heterocycles. The van der Waals surface area contributed by atoms with E-state index in [0.29, 0.717) is 0 Å². The Bertz CT molecular complexity index is 955. The highest BCUT2D eigenvalue weighted by atomic mass is 15.1. The maximum Gasteiger partial charge on any atom is 0.209 e. The van der Waals surface area contributed by atoms with E-state index in [1.165, 1.54) is 40.3 Å². The fourth-order valence-electron chi connectivity index (χ4n) is 4.74. The summed E-state index contributed by atoms with van der Waals surface area (Å²) >= 11 is 0. The number of hydrogen-bond donors (Lipinski definition) is 0. The number of likely N-dealkylation sites (N-methyl/N-ethyl adjacent to an activating group) is 1. The second-order valence-corrected chi connectivity index (χ2v) is 8.30. The summed E-state index contributed by atoms with van der Waals surface area (Å²) in [6.45, 7) is 14.9. The van der Waals surface area contributed by atoms with Gasteiger partial charge >= 0.3 is 0 Å². The molecule has 3 heteroatoms. The maximum absolute atomic E-state index is 6.32. The molecule has 0 aliphatic carbocycles. The minimum atomic E-state index is -0.347. The van der Waals surface area contributed by atoms with Crippen LogP contribution in [0.2, 0.25) is 0 Å². The molecule has 2 aliphatic rings. The number of hydrogen-bond acceptors (Lipinski definition) is 1. The van der Waals surface area contributed by atoms with Gasteiger partial charge in [-0.15, -0.1) is 0 Å². The van der Waals surface area contributed by atoms with Crippen molar-refractivity contribution in [1.82, 2.24) is 0 Å². The number of benzene rings is 2. The molecule has 2 atom stereocenters. The van der Waals surface area contributed by atoms with Crippen LogP contribution in [0.1, 0.15) is 66.0 Å². The Kier molecular flexibility index (Phi) is 7.39. The summed E-state index contributed by atoms with van der Waals surface area (Å²) in [5, 5.41) is -0.347. The molecule has 0 fully saturated rings. The molecular formula is C27H38BN2+. The van der Waals surface area contributed by atoms with E-state index in [0.717, 1.165) is 0 Å². The van der Waals surface area contributed by atoms with Crippen molar-refractivity contribution in [3.63, 3.8) is 0 Å². The van der Waals surface area contributed by atoms with Crippen molar-refractivity contribution in [1.29, 1.82) is 0 Å². The second kappa shape index (κ2) is 9.24. The van der Waals surface area contributed by atoms with Crippen LogP contribution in [0.15, 0.2) is 60.3 Å². The molecule has 4 rings (SSSR count). The molecule has 2 aliphatic heterocycles. The molecule has 0 amide bonds. The zero-order valence-electron chi connectivity index (χ0n) is 20.4. The summed E-state index contributed by atoms with van der Waals surface area (Å²) in [6, 6.07) is 17.0. The van der Waals surface area contributed by atoms with Gasteiger partial charge in [-0.2, -0.15) is 0 Å². The van der Waals surface area contributed by atoms with Gasteiger partial charge in [0.05, 0.1) is 13.3 Å². The standard InChI is InChI=1S/C13H18N.C12H14BN.C2H6/c1-5-13(3)10(2)14(4)12-9-7-6-8-11(12)13;1-4-11-12(2,13)9-7-5-6-8-10(9)14(11)3;1-2/h6-9H,5H2,1-4H3;4-8H,1-3H3;1-2H3/q+1;;/b;11-4+;. The van der Waals surface area contributed by atoms with Gasteiger partial charge in [0, 0.05) is 37.0 Å². The number of allylic oxidation sites excluding steroid dienone is 2. The van der Waals surface area contributed by atoms with Crippen LogP contribution in [-0.4, -0.2) is 32.2 Å². The predicted octanol–water partition coefficient (Wildman–Crippen LogP) is 6.55. The minimum Gasteiger partial charge on any atom is -0.348 e. The Morgan fingerprint density at radius 2 is 1.53 bits per heavy atom. The van der Waals surface area contributed by atoms with Gasteiger partial charge in [0.1, 0.15) is 7.05 Å². The molecule has 2 aromatic rings. The van der Waals surface area contributed by atoms with Crippen LogP contribution in [-0.2, 0) is 10.7 Å². The van der Waals surface area contributed by atoms with Crippen molar-refractivity contribution in [2.75, 3.05) is 19.0 Å². The van der Waals surface area contributed by atoms with Crippen LogP contribution < -0.4 is 4.90 Å². The van der Waals surface area contributed by atoms with Crippen LogP contribution in [0.25, 0.3) is 0 Å². The smallest absolute Gasteiger partial charge is 0.209 e. The Morgan fingerprint density at radius 1 is 1.00 bits per heavy atom. The van der Waals surface area contributed by atoms with Gasteiger partial charge in [0.25, 0.3) is 0 Å². The number of para-hydroxylation sites is 2. The molecule has 158 valence electrons. The Hall–Kier alpha value is -2.29. The molecule has 2 unspecified atom stereocenters. The molecule has 2 nitrogen and oxygen atoms in total. The van der Waals surface area contributed by atoms with E-state index >= 15 is 0 Å². The number of rotatable bonds is 1. The van der Waals surface area contributed by atoms with Crippen molar-refractivity contribution in [3.05, 3.63) is 71.4 Å². The number of anilines is 1. The highest BCUT2D eigenvalue weighted by Crippen LogP contribution is 2.44. The molecular weight excluding hydrogens is 363 g/mol. The van der Waals surface area contributed by atoms with Crippen molar-refractivity contribution in [2.24, 2.45) is 0 Å². The van der Waals surface area contributed by atoms with E-state index in [-0.39, 0.29) is 10.7 Å². The van der Waals surface area contributed by atoms with E-state index in [2.05, 4.69) is 93.7 Å². The Morgan fingerprint density at radius 3 is 2.07 bits per heavy atom. The summed E-state index contributed by atoms with van der Waals surface area (Å²) in [5.74, 6) is 0. The molecule has 0 spiro atoms. The Balaban J connectivity index is 0.000000197. The highest BCUT2D eigenvalue weighted by molar-refractivity contribution is 6.20. The fraction of sp³-hybridized carbons (Fsp3) is 0.444. The van der Waals surface area contributed by atoms with Crippen molar-refractivity contribution < 1.29 is 4.58 Å². The first-order chi connectivity index (χ1) is 14.2. The van der Waals surface area contributed by atoms with E-state index in [1.807, 2.05) is 32.9 Å². The molecule has 2 heterocycles. The molecule has 0 saturated carbocycles. The quantitative estimate of drug-likeness (QED) is 0.388. The van der Waals surface area contributed by atoms with Gasteiger partial charge in [-0.3, -0.25) is 0 Å². The van der Waals surface area contributed by atoms with E-state index in [1.54, 1.807) is 0 Å². The lowest BCUT2D eigenvalue weighted by atomic mass is 9.65. The Labute approximate surface area is 185 Å². The first-order valence-electron chi connectivity index (χ1n) is 11.2. The average Bonchev–Trinajstić information content (AvgIpc) is 3.10. The van der Waals surface area contributed by atoms with Crippen LogP contribution in [0.5, 0.6) is 0 Å². The summed E-state index contributed by atoms with van der Waals surface area (Å²) in [5.41, 5.74) is 8.13. The third-order valence-corrected chi connectivity index (χ3v) is 6.86. The zero-order chi connectivity index (χ0) is 22.7. The lowest BCUT2D eigenvalue weighted by molar-refractivity contribution is -0.403. The normalized spacial score (nSPS) is 25.2. The third-order valence-electron chi connectivity index (χ3n) is 6.86. The molecule has 0 saturated heterocycles. The van der Waals surface area contributed by atoms with Gasteiger partial charge in [0.2, 0.25) is 5.69 Å². The summed E-state index contributed by atoms with van der Waals surface area (Å²) < 4.78 is 2.32. The average molecular weight is 401 g/mol. The number of nitrogens with zero attached hydrogens (tertiary/aromatic N) is 2. The first-order valence-corrected chi connectivity index (χ1v) is 11.2. The van der Waals surface area contributed by atoms with E-state index in [4.69, 9.17) is 7.85 Å². The van der Waals surface area contributed by atoms with Gasteiger partial charge < -0.3 is 4.90 Å². The molecule has 2 aromatic carbocycles. The van der Waals surface area contributed by atoms with Crippen molar-refractivity contribution in [3.8, 4) is 0 Å². The predicted molar refractivity (Wildman–Crippen MR) is 134 cm³/mol. The van der Waals surface area contributed by atoms with Crippen molar-refractivity contribution >= 4 is 24.9 Å². The second-order valence-electron chi connectivity index (χ2n) is 8.30. The summed E-state index contributed by atoms with van der Waals surface area (Å²) in [4.78, 5) is 2.16. The van der Waals surface area contributed by atoms with Crippen LogP contribution in [0, 0.1) is 0 Å². The molecule has 30 heavy (non-hydrogen) atoms. The van der Waals surface area contributed by atoms with Gasteiger partial charge in [-0.1, -0.05) is 70.2 Å². The molecule has 0 N–H and O–H groups in total. The lowest BCUT2D eigenvalue weighted by Gasteiger charge is -2.24. The monoisotopic (exact) mass is 401 g/mol.